The maximum absolute atomic E-state index is 13.5. The van der Waals surface area contributed by atoms with Crippen LogP contribution in [0.15, 0.2) is 82.0 Å². The third-order valence-electron chi connectivity index (χ3n) is 6.20. The molecule has 7 heteroatoms. The number of fused-ring (bicyclic) bond motifs is 1. The number of esters is 1. The average Bonchev–Trinajstić information content (AvgIpc) is 3.56. The molecule has 1 aliphatic carbocycles. The molecule has 2 heterocycles. The van der Waals surface area contributed by atoms with Gasteiger partial charge < -0.3 is 15.0 Å². The summed E-state index contributed by atoms with van der Waals surface area (Å²) in [6.07, 6.45) is 2.33. The smallest absolute Gasteiger partial charge is 0.338 e. The zero-order valence-corrected chi connectivity index (χ0v) is 20.1. The van der Waals surface area contributed by atoms with Crippen LogP contribution in [0.2, 0.25) is 0 Å². The fourth-order valence-electron chi connectivity index (χ4n) is 4.29. The number of carbonyl (C=O) groups excluding carboxylic acids is 2. The molecule has 2 aromatic carbocycles. The lowest BCUT2D eigenvalue weighted by atomic mass is 9.91. The Morgan fingerprint density at radius 3 is 2.56 bits per heavy atom. The Kier molecular flexibility index (Phi) is 6.28. The third-order valence-corrected chi connectivity index (χ3v) is 7.09. The molecular formula is C27H27N3O3S. The molecule has 0 saturated heterocycles. The average molecular weight is 474 g/mol. The number of hydrogen-bond donors (Lipinski definition) is 1. The molecule has 1 unspecified atom stereocenters. The molecule has 5 rings (SSSR count). The minimum Gasteiger partial charge on any atom is -0.457 e. The number of rotatable bonds is 7. The summed E-state index contributed by atoms with van der Waals surface area (Å²) in [4.78, 5) is 32.9. The first kappa shape index (κ1) is 22.5. The monoisotopic (exact) mass is 473 g/mol. The summed E-state index contributed by atoms with van der Waals surface area (Å²) in [6.45, 7) is 4.08. The van der Waals surface area contributed by atoms with Crippen LogP contribution >= 0.6 is 11.8 Å². The second-order valence-electron chi connectivity index (χ2n) is 8.83. The van der Waals surface area contributed by atoms with Gasteiger partial charge in [0.2, 0.25) is 5.91 Å². The van der Waals surface area contributed by atoms with Gasteiger partial charge in [-0.15, -0.1) is 0 Å². The normalized spacial score (nSPS) is 19.4. The van der Waals surface area contributed by atoms with Gasteiger partial charge in [0.1, 0.15) is 6.61 Å². The fourth-order valence-corrected chi connectivity index (χ4v) is 5.25. The van der Waals surface area contributed by atoms with Gasteiger partial charge in [0.25, 0.3) is 0 Å². The van der Waals surface area contributed by atoms with Crippen molar-refractivity contribution < 1.29 is 14.3 Å². The van der Waals surface area contributed by atoms with E-state index in [1.165, 1.54) is 11.8 Å². The highest BCUT2D eigenvalue weighted by Gasteiger charge is 2.41. The summed E-state index contributed by atoms with van der Waals surface area (Å²) >= 11 is 1.49. The molecule has 6 nitrogen and oxygen atoms in total. The first-order chi connectivity index (χ1) is 16.5. The summed E-state index contributed by atoms with van der Waals surface area (Å²) in [5, 5.41) is 5.82. The van der Waals surface area contributed by atoms with Crippen LogP contribution in [0.1, 0.15) is 48.9 Å². The van der Waals surface area contributed by atoms with E-state index >= 15 is 0 Å². The van der Waals surface area contributed by atoms with Gasteiger partial charge in [0, 0.05) is 11.7 Å². The van der Waals surface area contributed by atoms with Gasteiger partial charge in [-0.1, -0.05) is 66.4 Å². The number of ether oxygens (including phenoxy) is 1. The van der Waals surface area contributed by atoms with Gasteiger partial charge in [-0.3, -0.25) is 4.79 Å². The van der Waals surface area contributed by atoms with Crippen LogP contribution < -0.4 is 5.32 Å². The number of nitrogens with one attached hydrogen (secondary N) is 1. The molecule has 0 radical (unpaired) electrons. The quantitative estimate of drug-likeness (QED) is 0.574. The Hall–Kier alpha value is -3.32. The summed E-state index contributed by atoms with van der Waals surface area (Å²) < 4.78 is 5.76. The maximum Gasteiger partial charge on any atom is 0.338 e. The van der Waals surface area contributed by atoms with Crippen LogP contribution in [0.3, 0.4) is 0 Å². The second kappa shape index (κ2) is 9.50. The van der Waals surface area contributed by atoms with Gasteiger partial charge in [-0.2, -0.15) is 0 Å². The first-order valence-corrected chi connectivity index (χ1v) is 12.4. The molecule has 1 amide bonds. The predicted molar refractivity (Wildman–Crippen MR) is 134 cm³/mol. The van der Waals surface area contributed by atoms with Crippen molar-refractivity contribution >= 4 is 28.8 Å². The molecule has 2 aliphatic heterocycles. The zero-order valence-electron chi connectivity index (χ0n) is 19.3. The van der Waals surface area contributed by atoms with E-state index in [-0.39, 0.29) is 18.9 Å². The highest BCUT2D eigenvalue weighted by Crippen LogP contribution is 2.45. The van der Waals surface area contributed by atoms with Crippen LogP contribution in [0.4, 0.5) is 0 Å². The number of aryl methyl sites for hydroxylation is 1. The topological polar surface area (TPSA) is 71.0 Å². The number of hydrogen-bond acceptors (Lipinski definition) is 6. The molecule has 0 spiro atoms. The Balaban J connectivity index is 1.47. The van der Waals surface area contributed by atoms with Crippen molar-refractivity contribution in [2.45, 2.75) is 51.8 Å². The lowest BCUT2D eigenvalue weighted by Gasteiger charge is -2.37. The summed E-state index contributed by atoms with van der Waals surface area (Å²) in [6, 6.07) is 17.6. The molecule has 0 bridgehead atoms. The molecule has 2 aromatic rings. The SMILES string of the molecule is CC1=C(C(=O)OCc2ccccc2)C(c2ccccc2C)N2C(CC(=O)NC3CC3)=CSC2=N1. The van der Waals surface area contributed by atoms with Crippen LogP contribution in [0.5, 0.6) is 0 Å². The van der Waals surface area contributed by atoms with E-state index in [0.717, 1.165) is 40.4 Å². The number of allylic oxidation sites excluding steroid dienone is 1. The Labute approximate surface area is 203 Å². The molecule has 1 saturated carbocycles. The molecule has 1 N–H and O–H groups in total. The number of aliphatic imine (C=N–C) groups is 1. The van der Waals surface area contributed by atoms with Crippen molar-refractivity contribution in [3.63, 3.8) is 0 Å². The van der Waals surface area contributed by atoms with E-state index in [4.69, 9.17) is 9.73 Å². The van der Waals surface area contributed by atoms with E-state index in [0.29, 0.717) is 17.3 Å². The highest BCUT2D eigenvalue weighted by atomic mass is 32.2. The van der Waals surface area contributed by atoms with Gasteiger partial charge in [-0.25, -0.2) is 9.79 Å². The number of benzene rings is 2. The lowest BCUT2D eigenvalue weighted by molar-refractivity contribution is -0.141. The minimum absolute atomic E-state index is 0.00128. The molecule has 34 heavy (non-hydrogen) atoms. The van der Waals surface area contributed by atoms with E-state index < -0.39 is 12.0 Å². The minimum atomic E-state index is -0.410. The van der Waals surface area contributed by atoms with Crippen molar-refractivity contribution in [2.24, 2.45) is 4.99 Å². The Morgan fingerprint density at radius 1 is 1.09 bits per heavy atom. The number of amides is 1. The van der Waals surface area contributed by atoms with Crippen LogP contribution in [-0.2, 0) is 20.9 Å². The molecular weight excluding hydrogens is 446 g/mol. The van der Waals surface area contributed by atoms with Crippen molar-refractivity contribution in [1.29, 1.82) is 0 Å². The van der Waals surface area contributed by atoms with Gasteiger partial charge in [-0.05, 0) is 48.8 Å². The van der Waals surface area contributed by atoms with Gasteiger partial charge in [0.15, 0.2) is 5.17 Å². The lowest BCUT2D eigenvalue weighted by Crippen LogP contribution is -2.38. The van der Waals surface area contributed by atoms with Gasteiger partial charge in [0.05, 0.1) is 23.7 Å². The standard InChI is InChI=1S/C27H27N3O3S/c1-17-8-6-7-11-22(17)25-24(26(32)33-15-19-9-4-3-5-10-19)18(2)28-27-30(25)21(16-34-27)14-23(31)29-20-12-13-20/h3-11,16,20,25H,12-15H2,1-2H3,(H,29,31). The van der Waals surface area contributed by atoms with Crippen molar-refractivity contribution in [3.8, 4) is 0 Å². The van der Waals surface area contributed by atoms with Crippen LogP contribution in [0, 0.1) is 6.92 Å². The highest BCUT2D eigenvalue weighted by molar-refractivity contribution is 8.16. The van der Waals surface area contributed by atoms with Gasteiger partial charge >= 0.3 is 5.97 Å². The van der Waals surface area contributed by atoms with E-state index in [9.17, 15) is 9.59 Å². The van der Waals surface area contributed by atoms with Crippen molar-refractivity contribution in [2.75, 3.05) is 0 Å². The number of thioether (sulfide) groups is 1. The third kappa shape index (κ3) is 4.66. The maximum atomic E-state index is 13.5. The molecule has 1 fully saturated rings. The summed E-state index contributed by atoms with van der Waals surface area (Å²) in [7, 11) is 0. The van der Waals surface area contributed by atoms with E-state index in [1.54, 1.807) is 0 Å². The van der Waals surface area contributed by atoms with Crippen molar-refractivity contribution in [3.05, 3.63) is 93.7 Å². The second-order valence-corrected chi connectivity index (χ2v) is 9.67. The Bertz CT molecular complexity index is 1210. The number of carbonyl (C=O) groups is 2. The largest absolute Gasteiger partial charge is 0.457 e. The predicted octanol–water partition coefficient (Wildman–Crippen LogP) is 4.98. The van der Waals surface area contributed by atoms with Crippen LogP contribution in [0.25, 0.3) is 0 Å². The molecule has 3 aliphatic rings. The van der Waals surface area contributed by atoms with Crippen LogP contribution in [-0.4, -0.2) is 28.0 Å². The molecule has 174 valence electrons. The number of nitrogens with zero attached hydrogens (tertiary/aromatic N) is 2. The fraction of sp³-hybridized carbons (Fsp3) is 0.296. The van der Waals surface area contributed by atoms with Crippen molar-refractivity contribution in [1.82, 2.24) is 10.2 Å². The van der Waals surface area contributed by atoms with E-state index in [1.807, 2.05) is 78.8 Å². The zero-order chi connectivity index (χ0) is 23.7. The summed E-state index contributed by atoms with van der Waals surface area (Å²) in [5.74, 6) is -0.394. The summed E-state index contributed by atoms with van der Waals surface area (Å²) in [5.41, 5.74) is 4.98. The molecule has 1 atom stereocenters. The first-order valence-electron chi connectivity index (χ1n) is 11.5. The molecule has 0 aromatic heterocycles. The number of amidine groups is 1. The van der Waals surface area contributed by atoms with E-state index in [2.05, 4.69) is 5.32 Å². The Morgan fingerprint density at radius 2 is 1.82 bits per heavy atom.